The molecule has 0 spiro atoms. The number of hydrogen-bond donors (Lipinski definition) is 2. The number of carbonyl (C=O) groups is 2. The van der Waals surface area contributed by atoms with Gasteiger partial charge in [-0.1, -0.05) is 0 Å². The van der Waals surface area contributed by atoms with Crippen LogP contribution in [0.3, 0.4) is 0 Å². The molecular formula is C17H19FN2O5S. The number of anilines is 2. The smallest absolute Gasteiger partial charge is 0.229 e. The van der Waals surface area contributed by atoms with Crippen LogP contribution in [0.5, 0.6) is 0 Å². The molecule has 7 nitrogen and oxygen atoms in total. The molecule has 0 fully saturated rings. The van der Waals surface area contributed by atoms with Gasteiger partial charge in [0.25, 0.3) is 0 Å². The molecule has 2 rings (SSSR count). The Morgan fingerprint density at radius 3 is 2.50 bits per heavy atom. The summed E-state index contributed by atoms with van der Waals surface area (Å²) in [6.07, 6.45) is 1.27. The number of nitrogens with one attached hydrogen (secondary N) is 2. The summed E-state index contributed by atoms with van der Waals surface area (Å²) in [5.74, 6) is -0.208. The van der Waals surface area contributed by atoms with E-state index in [0.717, 1.165) is 12.3 Å². The first kappa shape index (κ1) is 19.6. The summed E-state index contributed by atoms with van der Waals surface area (Å²) in [5.41, 5.74) is 0.482. The molecule has 2 aromatic rings. The van der Waals surface area contributed by atoms with E-state index in [4.69, 9.17) is 4.42 Å². The number of aryl methyl sites for hydroxylation is 2. The highest BCUT2D eigenvalue weighted by atomic mass is 32.2. The average Bonchev–Trinajstić information content (AvgIpc) is 2.88. The van der Waals surface area contributed by atoms with Crippen molar-refractivity contribution in [3.8, 4) is 0 Å². The number of ketones is 1. The van der Waals surface area contributed by atoms with Crippen LogP contribution in [0, 0.1) is 12.7 Å². The predicted octanol–water partition coefficient (Wildman–Crippen LogP) is 2.87. The first-order valence-corrected chi connectivity index (χ1v) is 9.62. The van der Waals surface area contributed by atoms with Gasteiger partial charge in [0, 0.05) is 18.5 Å². The predicted molar refractivity (Wildman–Crippen MR) is 95.3 cm³/mol. The Hall–Kier alpha value is -2.68. The van der Waals surface area contributed by atoms with Gasteiger partial charge >= 0.3 is 0 Å². The Balaban J connectivity index is 2.00. The van der Waals surface area contributed by atoms with Crippen LogP contribution in [-0.2, 0) is 21.2 Å². The summed E-state index contributed by atoms with van der Waals surface area (Å²) in [5, 5.41) is 2.56. The minimum Gasteiger partial charge on any atom is -0.466 e. The van der Waals surface area contributed by atoms with Gasteiger partial charge in [-0.25, -0.2) is 12.8 Å². The van der Waals surface area contributed by atoms with E-state index >= 15 is 0 Å². The van der Waals surface area contributed by atoms with Crippen molar-refractivity contribution in [3.63, 3.8) is 0 Å². The second-order valence-corrected chi connectivity index (χ2v) is 7.60. The van der Waals surface area contributed by atoms with E-state index in [0.29, 0.717) is 17.1 Å². The number of sulfonamides is 1. The molecule has 0 saturated heterocycles. The number of amides is 1. The van der Waals surface area contributed by atoms with Crippen LogP contribution in [0.4, 0.5) is 15.8 Å². The van der Waals surface area contributed by atoms with E-state index in [1.54, 1.807) is 13.0 Å². The zero-order valence-corrected chi connectivity index (χ0v) is 15.4. The van der Waals surface area contributed by atoms with Crippen LogP contribution in [0.25, 0.3) is 0 Å². The molecule has 0 aliphatic carbocycles. The molecule has 9 heteroatoms. The van der Waals surface area contributed by atoms with Crippen molar-refractivity contribution >= 4 is 33.1 Å². The Kier molecular flexibility index (Phi) is 5.81. The fourth-order valence-corrected chi connectivity index (χ4v) is 2.91. The maximum absolute atomic E-state index is 13.6. The van der Waals surface area contributed by atoms with Crippen LogP contribution in [0.15, 0.2) is 28.7 Å². The van der Waals surface area contributed by atoms with Gasteiger partial charge < -0.3 is 9.73 Å². The molecule has 1 heterocycles. The fourth-order valence-electron chi connectivity index (χ4n) is 2.36. The third kappa shape index (κ3) is 5.41. The van der Waals surface area contributed by atoms with Crippen molar-refractivity contribution in [1.82, 2.24) is 0 Å². The van der Waals surface area contributed by atoms with E-state index in [1.165, 1.54) is 19.1 Å². The number of hydrogen-bond acceptors (Lipinski definition) is 5. The summed E-state index contributed by atoms with van der Waals surface area (Å²) in [6, 6.07) is 5.18. The normalized spacial score (nSPS) is 11.2. The number of halogens is 1. The fraction of sp³-hybridized carbons (Fsp3) is 0.294. The van der Waals surface area contributed by atoms with Crippen LogP contribution < -0.4 is 10.0 Å². The molecular weight excluding hydrogens is 363 g/mol. The second kappa shape index (κ2) is 7.69. The summed E-state index contributed by atoms with van der Waals surface area (Å²) >= 11 is 0. The van der Waals surface area contributed by atoms with Crippen LogP contribution in [-0.4, -0.2) is 26.4 Å². The molecule has 0 unspecified atom stereocenters. The highest BCUT2D eigenvalue weighted by molar-refractivity contribution is 7.92. The van der Waals surface area contributed by atoms with Crippen LogP contribution in [0.2, 0.25) is 0 Å². The van der Waals surface area contributed by atoms with E-state index < -0.39 is 15.8 Å². The second-order valence-electron chi connectivity index (χ2n) is 5.86. The zero-order chi connectivity index (χ0) is 19.5. The van der Waals surface area contributed by atoms with E-state index in [2.05, 4.69) is 5.32 Å². The quantitative estimate of drug-likeness (QED) is 0.717. The van der Waals surface area contributed by atoms with Gasteiger partial charge in [0.1, 0.15) is 17.3 Å². The first-order chi connectivity index (χ1) is 12.0. The summed E-state index contributed by atoms with van der Waals surface area (Å²) in [4.78, 5) is 23.4. The molecule has 1 aromatic heterocycles. The van der Waals surface area contributed by atoms with Crippen molar-refractivity contribution in [2.24, 2.45) is 0 Å². The Bertz CT molecular complexity index is 950. The Labute approximate surface area is 150 Å². The Morgan fingerprint density at radius 1 is 1.23 bits per heavy atom. The molecule has 1 aromatic carbocycles. The molecule has 140 valence electrons. The summed E-state index contributed by atoms with van der Waals surface area (Å²) in [6.45, 7) is 3.11. The van der Waals surface area contributed by atoms with E-state index in [1.807, 2.05) is 4.72 Å². The SMILES string of the molecule is CC(=O)c1cc(CCC(=O)Nc2ccc(F)c(NS(C)(=O)=O)c2)oc1C. The minimum atomic E-state index is -3.64. The van der Waals surface area contributed by atoms with Gasteiger partial charge in [-0.2, -0.15) is 0 Å². The van der Waals surface area contributed by atoms with E-state index in [9.17, 15) is 22.4 Å². The number of benzene rings is 1. The van der Waals surface area contributed by atoms with Crippen molar-refractivity contribution < 1.29 is 26.8 Å². The first-order valence-electron chi connectivity index (χ1n) is 7.72. The molecule has 2 N–H and O–H groups in total. The largest absolute Gasteiger partial charge is 0.466 e. The molecule has 0 radical (unpaired) electrons. The molecule has 0 aliphatic heterocycles. The molecule has 0 saturated carbocycles. The maximum Gasteiger partial charge on any atom is 0.229 e. The number of Topliss-reactive ketones (excluding diaryl/α,β-unsaturated/α-hetero) is 1. The number of furan rings is 1. The van der Waals surface area contributed by atoms with Crippen molar-refractivity contribution in [2.75, 3.05) is 16.3 Å². The van der Waals surface area contributed by atoms with Crippen LogP contribution in [0.1, 0.15) is 35.2 Å². The van der Waals surface area contributed by atoms with Crippen molar-refractivity contribution in [1.29, 1.82) is 0 Å². The lowest BCUT2D eigenvalue weighted by atomic mass is 10.1. The van der Waals surface area contributed by atoms with Gasteiger partial charge in [0.15, 0.2) is 5.78 Å². The summed E-state index contributed by atoms with van der Waals surface area (Å²) in [7, 11) is -3.64. The topological polar surface area (TPSA) is 105 Å². The number of rotatable bonds is 7. The average molecular weight is 382 g/mol. The van der Waals surface area contributed by atoms with Gasteiger partial charge in [-0.05, 0) is 38.1 Å². The lowest BCUT2D eigenvalue weighted by molar-refractivity contribution is -0.116. The van der Waals surface area contributed by atoms with Gasteiger partial charge in [-0.15, -0.1) is 0 Å². The lowest BCUT2D eigenvalue weighted by Gasteiger charge is -2.09. The monoisotopic (exact) mass is 382 g/mol. The Morgan fingerprint density at radius 2 is 1.92 bits per heavy atom. The third-order valence-corrected chi connectivity index (χ3v) is 4.08. The molecule has 0 atom stereocenters. The minimum absolute atomic E-state index is 0.0799. The summed E-state index contributed by atoms with van der Waals surface area (Å²) < 4.78 is 43.6. The third-order valence-electron chi connectivity index (χ3n) is 3.49. The zero-order valence-electron chi connectivity index (χ0n) is 14.6. The highest BCUT2D eigenvalue weighted by Gasteiger charge is 2.13. The number of carbonyl (C=O) groups excluding carboxylic acids is 2. The molecule has 0 aliphatic rings. The van der Waals surface area contributed by atoms with Gasteiger partial charge in [0.05, 0.1) is 17.5 Å². The highest BCUT2D eigenvalue weighted by Crippen LogP contribution is 2.21. The van der Waals surface area contributed by atoms with Gasteiger partial charge in [0.2, 0.25) is 15.9 Å². The molecule has 1 amide bonds. The molecule has 26 heavy (non-hydrogen) atoms. The lowest BCUT2D eigenvalue weighted by Crippen LogP contribution is -2.14. The van der Waals surface area contributed by atoms with Gasteiger partial charge in [-0.3, -0.25) is 14.3 Å². The standard InChI is InChI=1S/C17H19FN2O5S/c1-10(21)14-9-13(25-11(14)2)5-7-17(22)19-12-4-6-15(18)16(8-12)20-26(3,23)24/h4,6,8-9,20H,5,7H2,1-3H3,(H,19,22). The van der Waals surface area contributed by atoms with Crippen LogP contribution >= 0.6 is 0 Å². The maximum atomic E-state index is 13.6. The van der Waals surface area contributed by atoms with Crippen molar-refractivity contribution in [3.05, 3.63) is 47.2 Å². The molecule has 0 bridgehead atoms. The van der Waals surface area contributed by atoms with Crippen molar-refractivity contribution in [2.45, 2.75) is 26.7 Å². The van der Waals surface area contributed by atoms with E-state index in [-0.39, 0.29) is 35.9 Å².